The minimum absolute atomic E-state index is 0.106. The summed E-state index contributed by atoms with van der Waals surface area (Å²) in [5, 5.41) is 11.8. The fraction of sp³-hybridized carbons (Fsp3) is 0.600. The van der Waals surface area contributed by atoms with Gasteiger partial charge in [-0.2, -0.15) is 5.10 Å². The summed E-state index contributed by atoms with van der Waals surface area (Å²) in [7, 11) is 5.98. The number of aliphatic imine (C=N–C) groups is 1. The molecule has 0 radical (unpaired) electrons. The van der Waals surface area contributed by atoms with Crippen LogP contribution < -0.4 is 10.6 Å². The van der Waals surface area contributed by atoms with Gasteiger partial charge in [-0.15, -0.1) is 11.3 Å². The van der Waals surface area contributed by atoms with Gasteiger partial charge in [0.15, 0.2) is 5.96 Å². The molecule has 10 heteroatoms. The fourth-order valence-electron chi connectivity index (χ4n) is 2.93. The van der Waals surface area contributed by atoms with Gasteiger partial charge in [-0.05, 0) is 41.8 Å². The van der Waals surface area contributed by atoms with Crippen molar-refractivity contribution in [3.8, 4) is 0 Å². The highest BCUT2D eigenvalue weighted by Gasteiger charge is 2.21. The topological polar surface area (TPSA) is 96.7 Å². The van der Waals surface area contributed by atoms with Crippen LogP contribution in [0.4, 0.5) is 0 Å². The predicted molar refractivity (Wildman–Crippen MR) is 120 cm³/mol. The zero-order chi connectivity index (χ0) is 22.3. The van der Waals surface area contributed by atoms with Crippen molar-refractivity contribution in [2.45, 2.75) is 39.8 Å². The van der Waals surface area contributed by atoms with Crippen molar-refractivity contribution >= 4 is 23.3 Å². The second-order valence-electron chi connectivity index (χ2n) is 7.20. The minimum atomic E-state index is -0.322. The van der Waals surface area contributed by atoms with E-state index in [1.165, 1.54) is 11.3 Å². The van der Waals surface area contributed by atoms with Gasteiger partial charge in [-0.1, -0.05) is 0 Å². The summed E-state index contributed by atoms with van der Waals surface area (Å²) in [4.78, 5) is 24.1. The van der Waals surface area contributed by atoms with Crippen LogP contribution in [0.2, 0.25) is 0 Å². The molecule has 2 N–H and O–H groups in total. The number of carbonyl (C=O) groups excluding carboxylic acids is 1. The molecule has 30 heavy (non-hydrogen) atoms. The third kappa shape index (κ3) is 6.27. The molecule has 2 rings (SSSR count). The monoisotopic (exact) mass is 435 g/mol. The van der Waals surface area contributed by atoms with Crippen LogP contribution in [-0.4, -0.2) is 65.4 Å². The van der Waals surface area contributed by atoms with Crippen molar-refractivity contribution in [1.82, 2.24) is 30.3 Å². The summed E-state index contributed by atoms with van der Waals surface area (Å²) in [5.41, 5.74) is 1.80. The Hall–Kier alpha value is -2.46. The van der Waals surface area contributed by atoms with E-state index >= 15 is 0 Å². The molecule has 0 aliphatic heterocycles. The van der Waals surface area contributed by atoms with Gasteiger partial charge in [0.2, 0.25) is 0 Å². The van der Waals surface area contributed by atoms with Crippen LogP contribution in [0.1, 0.15) is 58.8 Å². The number of esters is 1. The molecule has 0 saturated carbocycles. The SMILES string of the molecule is CCNC(=NCC(c1cnn(C)c1)N(C)C)NC(C)c1nc(C)c(C(=O)OCC)s1. The summed E-state index contributed by atoms with van der Waals surface area (Å²) in [6, 6.07) is 0.00728. The molecule has 0 amide bonds. The summed E-state index contributed by atoms with van der Waals surface area (Å²) < 4.78 is 6.91. The molecule has 0 aromatic carbocycles. The number of nitrogens with zero attached hydrogens (tertiary/aromatic N) is 5. The van der Waals surface area contributed by atoms with Crippen LogP contribution in [0.25, 0.3) is 0 Å². The number of nitrogens with one attached hydrogen (secondary N) is 2. The molecule has 2 aromatic heterocycles. The van der Waals surface area contributed by atoms with Crippen LogP contribution in [0.15, 0.2) is 17.4 Å². The Kier molecular flexibility index (Phi) is 8.79. The molecule has 166 valence electrons. The highest BCUT2D eigenvalue weighted by Crippen LogP contribution is 2.24. The van der Waals surface area contributed by atoms with E-state index in [0.717, 1.165) is 17.1 Å². The second kappa shape index (κ2) is 11.1. The van der Waals surface area contributed by atoms with Crippen molar-refractivity contribution in [1.29, 1.82) is 0 Å². The van der Waals surface area contributed by atoms with Crippen LogP contribution in [0.5, 0.6) is 0 Å². The standard InChI is InChI=1S/C20H33N7O2S/c1-8-21-20(22-11-16(26(5)6)15-10-23-27(7)12-15)25-14(4)18-24-13(3)17(30-18)19(28)29-9-2/h10,12,14,16H,8-9,11H2,1-7H3,(H2,21,22,25). The first kappa shape index (κ1) is 23.8. The maximum absolute atomic E-state index is 12.1. The van der Waals surface area contributed by atoms with E-state index in [0.29, 0.717) is 29.7 Å². The largest absolute Gasteiger partial charge is 0.462 e. The van der Waals surface area contributed by atoms with Gasteiger partial charge in [0.25, 0.3) is 0 Å². The fourth-order valence-corrected chi connectivity index (χ4v) is 3.90. The minimum Gasteiger partial charge on any atom is -0.462 e. The third-order valence-electron chi connectivity index (χ3n) is 4.50. The van der Waals surface area contributed by atoms with Crippen molar-refractivity contribution < 1.29 is 9.53 Å². The Bertz CT molecular complexity index is 859. The number of aryl methyl sites for hydroxylation is 2. The number of aromatic nitrogens is 3. The number of thiazole rings is 1. The number of carbonyl (C=O) groups is 1. The van der Waals surface area contributed by atoms with Gasteiger partial charge in [0.05, 0.1) is 37.1 Å². The molecule has 2 aromatic rings. The number of rotatable bonds is 9. The van der Waals surface area contributed by atoms with Gasteiger partial charge in [0.1, 0.15) is 9.88 Å². The summed E-state index contributed by atoms with van der Waals surface area (Å²) >= 11 is 1.35. The van der Waals surface area contributed by atoms with Gasteiger partial charge in [-0.25, -0.2) is 9.78 Å². The quantitative estimate of drug-likeness (QED) is 0.354. The zero-order valence-corrected chi connectivity index (χ0v) is 19.7. The Morgan fingerprint density at radius 3 is 2.70 bits per heavy atom. The number of likely N-dealkylation sites (N-methyl/N-ethyl adjacent to an activating group) is 1. The molecule has 2 unspecified atom stereocenters. The number of guanidine groups is 1. The van der Waals surface area contributed by atoms with Crippen molar-refractivity contribution in [2.24, 2.45) is 12.0 Å². The number of hydrogen-bond donors (Lipinski definition) is 2. The molecule has 0 fully saturated rings. The highest BCUT2D eigenvalue weighted by molar-refractivity contribution is 7.13. The van der Waals surface area contributed by atoms with E-state index in [1.54, 1.807) is 11.6 Å². The normalized spacial score (nSPS) is 13.9. The van der Waals surface area contributed by atoms with Crippen molar-refractivity contribution in [3.63, 3.8) is 0 Å². The Labute approximate surface area is 182 Å². The van der Waals surface area contributed by atoms with Crippen LogP contribution in [-0.2, 0) is 11.8 Å². The predicted octanol–water partition coefficient (Wildman–Crippen LogP) is 2.28. The molecular weight excluding hydrogens is 402 g/mol. The third-order valence-corrected chi connectivity index (χ3v) is 5.82. The molecular formula is C20H33N7O2S. The van der Waals surface area contributed by atoms with Crippen molar-refractivity contribution in [2.75, 3.05) is 33.8 Å². The van der Waals surface area contributed by atoms with E-state index in [9.17, 15) is 4.79 Å². The van der Waals surface area contributed by atoms with E-state index < -0.39 is 0 Å². The lowest BCUT2D eigenvalue weighted by Crippen LogP contribution is -2.39. The molecule has 0 spiro atoms. The van der Waals surface area contributed by atoms with Gasteiger partial charge in [0, 0.05) is 25.4 Å². The Morgan fingerprint density at radius 1 is 1.40 bits per heavy atom. The van der Waals surface area contributed by atoms with E-state index in [4.69, 9.17) is 9.73 Å². The van der Waals surface area contributed by atoms with Gasteiger partial charge in [-0.3, -0.25) is 9.67 Å². The highest BCUT2D eigenvalue weighted by atomic mass is 32.1. The summed E-state index contributed by atoms with van der Waals surface area (Å²) in [6.07, 6.45) is 3.89. The van der Waals surface area contributed by atoms with E-state index in [1.807, 2.05) is 54.3 Å². The second-order valence-corrected chi connectivity index (χ2v) is 8.23. The van der Waals surface area contributed by atoms with Crippen molar-refractivity contribution in [3.05, 3.63) is 33.5 Å². The van der Waals surface area contributed by atoms with E-state index in [2.05, 4.69) is 25.6 Å². The van der Waals surface area contributed by atoms with Crippen LogP contribution >= 0.6 is 11.3 Å². The first-order valence-electron chi connectivity index (χ1n) is 10.1. The summed E-state index contributed by atoms with van der Waals surface area (Å²) in [5.74, 6) is 0.378. The molecule has 0 saturated heterocycles. The van der Waals surface area contributed by atoms with E-state index in [-0.39, 0.29) is 18.1 Å². The average Bonchev–Trinajstić information content (AvgIpc) is 3.28. The van der Waals surface area contributed by atoms with Crippen LogP contribution in [0.3, 0.4) is 0 Å². The maximum Gasteiger partial charge on any atom is 0.350 e. The van der Waals surface area contributed by atoms with Gasteiger partial charge < -0.3 is 20.3 Å². The maximum atomic E-state index is 12.1. The smallest absolute Gasteiger partial charge is 0.350 e. The van der Waals surface area contributed by atoms with Crippen LogP contribution in [0, 0.1) is 6.92 Å². The molecule has 2 heterocycles. The summed E-state index contributed by atoms with van der Waals surface area (Å²) in [6.45, 7) is 9.32. The molecule has 0 aliphatic carbocycles. The lowest BCUT2D eigenvalue weighted by molar-refractivity contribution is 0.0531. The number of hydrogen-bond acceptors (Lipinski definition) is 7. The first-order valence-corrected chi connectivity index (χ1v) is 10.9. The van der Waals surface area contributed by atoms with Gasteiger partial charge >= 0.3 is 5.97 Å². The molecule has 0 aliphatic rings. The Morgan fingerprint density at radius 2 is 2.13 bits per heavy atom. The molecule has 9 nitrogen and oxygen atoms in total. The average molecular weight is 436 g/mol. The molecule has 0 bridgehead atoms. The lowest BCUT2D eigenvalue weighted by atomic mass is 10.1. The first-order chi connectivity index (χ1) is 14.3. The lowest BCUT2D eigenvalue weighted by Gasteiger charge is -2.22. The molecule has 2 atom stereocenters. The zero-order valence-electron chi connectivity index (χ0n) is 18.9. The number of ether oxygens (including phenoxy) is 1. The Balaban J connectivity index is 2.14.